The molecule has 0 unspecified atom stereocenters. The first-order valence-electron chi connectivity index (χ1n) is 12.5. The van der Waals surface area contributed by atoms with Crippen LogP contribution in [0.1, 0.15) is 104 Å². The van der Waals surface area contributed by atoms with Gasteiger partial charge < -0.3 is 9.47 Å². The molecule has 0 aromatic heterocycles. The number of Topliss-reactive ketones (excluding diaryl/α,β-unsaturated/α-hetero) is 2. The smallest absolute Gasteiger partial charge is 0.324 e. The van der Waals surface area contributed by atoms with Crippen LogP contribution in [0.3, 0.4) is 0 Å². The van der Waals surface area contributed by atoms with Gasteiger partial charge in [-0.3, -0.25) is 14.4 Å². The van der Waals surface area contributed by atoms with E-state index >= 15 is 0 Å². The molecule has 1 saturated heterocycles. The zero-order valence-corrected chi connectivity index (χ0v) is 23.4. The first-order chi connectivity index (χ1) is 15.6. The van der Waals surface area contributed by atoms with Crippen molar-refractivity contribution in [2.75, 3.05) is 0 Å². The minimum absolute atomic E-state index is 0.306. The molecule has 1 fully saturated rings. The van der Waals surface area contributed by atoms with Gasteiger partial charge in [-0.15, -0.1) is 0 Å². The van der Waals surface area contributed by atoms with E-state index in [1.165, 1.54) is 0 Å². The third-order valence-electron chi connectivity index (χ3n) is 7.66. The Balaban J connectivity index is 2.18. The Morgan fingerprint density at radius 3 is 1.51 bits per heavy atom. The molecule has 3 aliphatic rings. The largest absolute Gasteiger partial charge is 0.459 e. The summed E-state index contributed by atoms with van der Waals surface area (Å²) in [6.07, 6.45) is 0. The topological polar surface area (TPSA) is 69.7 Å². The van der Waals surface area contributed by atoms with E-state index in [1.54, 1.807) is 24.3 Å². The molecule has 5 heteroatoms. The molecule has 1 aromatic carbocycles. The average Bonchev–Trinajstić information content (AvgIpc) is 2.84. The Bertz CT molecular complexity index is 1150. The van der Waals surface area contributed by atoms with Crippen molar-refractivity contribution in [1.29, 1.82) is 0 Å². The van der Waals surface area contributed by atoms with Crippen molar-refractivity contribution in [3.63, 3.8) is 0 Å². The number of rotatable bonds is 1. The van der Waals surface area contributed by atoms with Crippen LogP contribution < -0.4 is 0 Å². The lowest BCUT2D eigenvalue weighted by molar-refractivity contribution is -0.358. The summed E-state index contributed by atoms with van der Waals surface area (Å²) in [6.45, 7) is 23.9. The first kappa shape index (κ1) is 25.8. The van der Waals surface area contributed by atoms with Crippen molar-refractivity contribution < 1.29 is 23.9 Å². The molecule has 4 rings (SSSR count). The van der Waals surface area contributed by atoms with Crippen molar-refractivity contribution in [2.45, 2.75) is 99.9 Å². The van der Waals surface area contributed by atoms with Gasteiger partial charge in [0.25, 0.3) is 0 Å². The lowest BCUT2D eigenvalue weighted by atomic mass is 9.30. The maximum atomic E-state index is 14.6. The summed E-state index contributed by atoms with van der Waals surface area (Å²) in [4.78, 5) is 43.0. The zero-order valence-electron chi connectivity index (χ0n) is 23.4. The summed E-state index contributed by atoms with van der Waals surface area (Å²) in [5.74, 6) is -1.45. The number of carbonyl (C=O) groups is 3. The maximum Gasteiger partial charge on any atom is 0.324 e. The van der Waals surface area contributed by atoms with Gasteiger partial charge in [0.1, 0.15) is 11.2 Å². The zero-order chi connectivity index (χ0) is 26.8. The molecule has 0 N–H and O–H groups in total. The number of fused-ring (bicyclic) bond motifs is 3. The van der Waals surface area contributed by atoms with E-state index in [9.17, 15) is 14.4 Å². The molecule has 1 aliphatic heterocycles. The van der Waals surface area contributed by atoms with Crippen LogP contribution in [-0.4, -0.2) is 34.3 Å². The highest BCUT2D eigenvalue weighted by Gasteiger charge is 2.96. The molecule has 0 amide bonds. The third kappa shape index (κ3) is 2.76. The fourth-order valence-corrected chi connectivity index (χ4v) is 6.95. The molecule has 0 bridgehead atoms. The molecule has 2 atom stereocenters. The predicted octanol–water partition coefficient (Wildman–Crippen LogP) is 6.35. The quantitative estimate of drug-likeness (QED) is 0.266. The second-order valence-electron chi connectivity index (χ2n) is 14.4. The summed E-state index contributed by atoms with van der Waals surface area (Å²) in [5.41, 5.74) is -4.64. The van der Waals surface area contributed by atoms with E-state index in [4.69, 9.17) is 9.47 Å². The van der Waals surface area contributed by atoms with E-state index < -0.39 is 50.6 Å². The molecule has 35 heavy (non-hydrogen) atoms. The number of hydrogen-bond donors (Lipinski definition) is 0. The van der Waals surface area contributed by atoms with Gasteiger partial charge in [0, 0.05) is 11.1 Å². The normalized spacial score (nSPS) is 27.9. The minimum Gasteiger partial charge on any atom is -0.459 e. The Morgan fingerprint density at radius 1 is 0.743 bits per heavy atom. The highest BCUT2D eigenvalue weighted by molar-refractivity contribution is 6.36. The number of carbonyl (C=O) groups excluding carboxylic acids is 3. The second-order valence-corrected chi connectivity index (χ2v) is 14.4. The van der Waals surface area contributed by atoms with Crippen LogP contribution >= 0.6 is 0 Å². The van der Waals surface area contributed by atoms with Crippen LogP contribution in [0.4, 0.5) is 0 Å². The van der Waals surface area contributed by atoms with Crippen LogP contribution in [0, 0.1) is 21.7 Å². The fraction of sp³-hybridized carbons (Fsp3) is 0.633. The highest BCUT2D eigenvalue weighted by Crippen LogP contribution is 2.83. The lowest BCUT2D eigenvalue weighted by Gasteiger charge is -2.80. The van der Waals surface area contributed by atoms with Crippen LogP contribution in [0.5, 0.6) is 0 Å². The van der Waals surface area contributed by atoms with Crippen LogP contribution in [0.2, 0.25) is 0 Å². The molecule has 1 heterocycles. The lowest BCUT2D eigenvalue weighted by Crippen LogP contribution is -2.93. The summed E-state index contributed by atoms with van der Waals surface area (Å²) < 4.78 is 12.9. The predicted molar refractivity (Wildman–Crippen MR) is 135 cm³/mol. The summed E-state index contributed by atoms with van der Waals surface area (Å²) in [6, 6.07) is 6.77. The number of hydrogen-bond acceptors (Lipinski definition) is 5. The summed E-state index contributed by atoms with van der Waals surface area (Å²) >= 11 is 0. The number of ether oxygens (including phenoxy) is 2. The number of ketones is 2. The van der Waals surface area contributed by atoms with Crippen LogP contribution in [-0.2, 0) is 14.3 Å². The molecule has 0 radical (unpaired) electrons. The number of esters is 1. The molecule has 1 spiro atoms. The minimum atomic E-state index is -1.97. The van der Waals surface area contributed by atoms with Crippen LogP contribution in [0.15, 0.2) is 35.4 Å². The van der Waals surface area contributed by atoms with Gasteiger partial charge in [0.05, 0.1) is 0 Å². The van der Waals surface area contributed by atoms with Gasteiger partial charge in [0.2, 0.25) is 17.2 Å². The van der Waals surface area contributed by atoms with Gasteiger partial charge in [-0.25, -0.2) is 0 Å². The van der Waals surface area contributed by atoms with Crippen molar-refractivity contribution in [3.05, 3.63) is 46.5 Å². The van der Waals surface area contributed by atoms with E-state index in [2.05, 4.69) is 20.8 Å². The molecule has 5 nitrogen and oxygen atoms in total. The Morgan fingerprint density at radius 2 is 1.17 bits per heavy atom. The van der Waals surface area contributed by atoms with Crippen molar-refractivity contribution >= 4 is 17.5 Å². The van der Waals surface area contributed by atoms with E-state index in [0.29, 0.717) is 11.1 Å². The highest BCUT2D eigenvalue weighted by atomic mass is 16.6. The van der Waals surface area contributed by atoms with Gasteiger partial charge in [-0.05, 0) is 48.2 Å². The average molecular weight is 481 g/mol. The summed E-state index contributed by atoms with van der Waals surface area (Å²) in [5, 5.41) is 0. The molecule has 190 valence electrons. The summed E-state index contributed by atoms with van der Waals surface area (Å²) in [7, 11) is 0. The van der Waals surface area contributed by atoms with Gasteiger partial charge in [-0.2, -0.15) is 0 Å². The van der Waals surface area contributed by atoms with Crippen molar-refractivity contribution in [3.8, 4) is 0 Å². The SMILES string of the molecule is CC(C)(C)OC(=O)[C@]12C(C(C)(C)C)=C(C(C)(C)C)[C@@]1(C(C)(C)C)OC21C(=O)c2ccccc2C1=O. The number of benzene rings is 1. The third-order valence-corrected chi connectivity index (χ3v) is 7.66. The first-order valence-corrected chi connectivity index (χ1v) is 12.5. The van der Waals surface area contributed by atoms with Gasteiger partial charge >= 0.3 is 5.97 Å². The maximum absolute atomic E-state index is 14.6. The van der Waals surface area contributed by atoms with Crippen molar-refractivity contribution in [2.24, 2.45) is 21.7 Å². The van der Waals surface area contributed by atoms with E-state index in [-0.39, 0.29) is 5.41 Å². The fourth-order valence-electron chi connectivity index (χ4n) is 6.95. The molecule has 1 aromatic rings. The van der Waals surface area contributed by atoms with Gasteiger partial charge in [-0.1, -0.05) is 86.6 Å². The van der Waals surface area contributed by atoms with E-state index in [1.807, 2.05) is 62.3 Å². The van der Waals surface area contributed by atoms with Crippen LogP contribution in [0.25, 0.3) is 0 Å². The molecular weight excluding hydrogens is 440 g/mol. The van der Waals surface area contributed by atoms with Crippen molar-refractivity contribution in [1.82, 2.24) is 0 Å². The van der Waals surface area contributed by atoms with Gasteiger partial charge in [0.15, 0.2) is 5.41 Å². The molecule has 2 aliphatic carbocycles. The van der Waals surface area contributed by atoms with E-state index in [0.717, 1.165) is 11.1 Å². The Hall–Kier alpha value is -2.27. The molecular formula is C30H40O5. The standard InChI is InChI=1S/C30H40O5/c1-24(2,3)19-20(25(4,5)6)30(26(7,8)9)28(19,23(33)34-27(10,11)12)29(35-30)21(31)17-15-13-14-16-18(17)22(29)32/h13-16H,1-12H3/t28-,30-/m0/s1. The Labute approximate surface area is 209 Å². The monoisotopic (exact) mass is 480 g/mol. The Kier molecular flexibility index (Phi) is 4.96. The second kappa shape index (κ2) is 6.73. The molecule has 0 saturated carbocycles.